The van der Waals surface area contributed by atoms with E-state index in [0.717, 1.165) is 16.8 Å². The van der Waals surface area contributed by atoms with E-state index in [0.29, 0.717) is 38.2 Å². The van der Waals surface area contributed by atoms with Gasteiger partial charge in [0.1, 0.15) is 5.60 Å². The Morgan fingerprint density at radius 1 is 1.37 bits per heavy atom. The van der Waals surface area contributed by atoms with Crippen molar-refractivity contribution in [1.82, 2.24) is 20.1 Å². The molecule has 1 aliphatic heterocycles. The zero-order chi connectivity index (χ0) is 19.4. The van der Waals surface area contributed by atoms with Crippen LogP contribution in [0.4, 0.5) is 10.6 Å². The lowest BCUT2D eigenvalue weighted by Gasteiger charge is -2.29. The highest BCUT2D eigenvalue weighted by molar-refractivity contribution is 5.90. The molecule has 3 heterocycles. The van der Waals surface area contributed by atoms with Crippen LogP contribution in [0.15, 0.2) is 24.5 Å². The summed E-state index contributed by atoms with van der Waals surface area (Å²) in [5, 5.41) is 10.0. The predicted molar refractivity (Wildman–Crippen MR) is 100 cm³/mol. The molecule has 27 heavy (non-hydrogen) atoms. The van der Waals surface area contributed by atoms with Crippen molar-refractivity contribution >= 4 is 17.8 Å². The number of aromatic amines is 1. The molecule has 3 rings (SSSR count). The average molecular weight is 371 g/mol. The molecule has 8 heteroatoms. The first kappa shape index (κ1) is 18.9. The molecule has 2 aromatic rings. The van der Waals surface area contributed by atoms with Gasteiger partial charge < -0.3 is 15.0 Å². The summed E-state index contributed by atoms with van der Waals surface area (Å²) in [6.45, 7) is 6.45. The van der Waals surface area contributed by atoms with E-state index in [1.54, 1.807) is 17.3 Å². The summed E-state index contributed by atoms with van der Waals surface area (Å²) in [7, 11) is 0. The van der Waals surface area contributed by atoms with Gasteiger partial charge in [0.15, 0.2) is 5.82 Å². The van der Waals surface area contributed by atoms with Crippen molar-refractivity contribution in [3.05, 3.63) is 41.3 Å². The van der Waals surface area contributed by atoms with Gasteiger partial charge in [-0.3, -0.25) is 14.9 Å². The molecule has 144 valence electrons. The summed E-state index contributed by atoms with van der Waals surface area (Å²) in [5.41, 5.74) is 2.27. The van der Waals surface area contributed by atoms with Crippen LogP contribution in [-0.2, 0) is 28.9 Å². The number of hydrogen-bond acceptors (Lipinski definition) is 5. The third-order valence-electron chi connectivity index (χ3n) is 4.21. The zero-order valence-corrected chi connectivity index (χ0v) is 15.9. The highest BCUT2D eigenvalue weighted by Gasteiger charge is 2.28. The first-order chi connectivity index (χ1) is 12.8. The SMILES string of the molecule is CC(C)(C)OC(=O)N1CCc2c(NC(=O)CCc3cccnc3)n[nH]c2C1. The Morgan fingerprint density at radius 3 is 2.89 bits per heavy atom. The molecule has 2 amide bonds. The van der Waals surface area contributed by atoms with Crippen molar-refractivity contribution in [3.8, 4) is 0 Å². The number of H-pyrrole nitrogens is 1. The van der Waals surface area contributed by atoms with E-state index in [1.165, 1.54) is 0 Å². The van der Waals surface area contributed by atoms with Crippen molar-refractivity contribution < 1.29 is 14.3 Å². The summed E-state index contributed by atoms with van der Waals surface area (Å²) in [5.74, 6) is 0.452. The van der Waals surface area contributed by atoms with Crippen molar-refractivity contribution in [2.24, 2.45) is 0 Å². The molecule has 8 nitrogen and oxygen atoms in total. The fourth-order valence-electron chi connectivity index (χ4n) is 2.90. The fourth-order valence-corrected chi connectivity index (χ4v) is 2.90. The van der Waals surface area contributed by atoms with Crippen LogP contribution in [0.2, 0.25) is 0 Å². The van der Waals surface area contributed by atoms with Gasteiger partial charge in [-0.05, 0) is 45.2 Å². The lowest BCUT2D eigenvalue weighted by atomic mass is 10.1. The molecule has 0 aliphatic carbocycles. The number of carbonyl (C=O) groups is 2. The van der Waals surface area contributed by atoms with Gasteiger partial charge >= 0.3 is 6.09 Å². The summed E-state index contributed by atoms with van der Waals surface area (Å²) in [6, 6.07) is 3.80. The Bertz CT molecular complexity index is 810. The van der Waals surface area contributed by atoms with E-state index in [-0.39, 0.29) is 12.0 Å². The maximum Gasteiger partial charge on any atom is 0.410 e. The molecule has 0 saturated carbocycles. The second kappa shape index (κ2) is 7.77. The standard InChI is InChI=1S/C19H25N5O3/c1-19(2,3)27-18(26)24-10-8-14-15(12-24)22-23-17(14)21-16(25)7-6-13-5-4-9-20-11-13/h4-5,9,11H,6-8,10,12H2,1-3H3,(H2,21,22,23,25). The van der Waals surface area contributed by atoms with E-state index >= 15 is 0 Å². The number of anilines is 1. The van der Waals surface area contributed by atoms with Gasteiger partial charge in [0.25, 0.3) is 0 Å². The average Bonchev–Trinajstić information content (AvgIpc) is 3.01. The van der Waals surface area contributed by atoms with Crippen LogP contribution in [-0.4, -0.2) is 44.2 Å². The topological polar surface area (TPSA) is 100 Å². The first-order valence-electron chi connectivity index (χ1n) is 9.04. The highest BCUT2D eigenvalue weighted by atomic mass is 16.6. The van der Waals surface area contributed by atoms with Crippen molar-refractivity contribution in [2.45, 2.75) is 52.2 Å². The number of pyridine rings is 1. The Hall–Kier alpha value is -2.90. The number of aryl methyl sites for hydroxylation is 1. The fraction of sp³-hybridized carbons (Fsp3) is 0.474. The first-order valence-corrected chi connectivity index (χ1v) is 9.04. The molecule has 0 atom stereocenters. The second-order valence-corrected chi connectivity index (χ2v) is 7.59. The van der Waals surface area contributed by atoms with E-state index < -0.39 is 5.60 Å². The number of amides is 2. The molecule has 0 bridgehead atoms. The lowest BCUT2D eigenvalue weighted by molar-refractivity contribution is -0.116. The van der Waals surface area contributed by atoms with Gasteiger partial charge in [-0.2, -0.15) is 5.10 Å². The van der Waals surface area contributed by atoms with E-state index in [9.17, 15) is 9.59 Å². The second-order valence-electron chi connectivity index (χ2n) is 7.59. The Kier molecular flexibility index (Phi) is 5.43. The van der Waals surface area contributed by atoms with Crippen LogP contribution in [0.1, 0.15) is 44.0 Å². The van der Waals surface area contributed by atoms with Crippen LogP contribution >= 0.6 is 0 Å². The smallest absolute Gasteiger partial charge is 0.410 e. The van der Waals surface area contributed by atoms with Gasteiger partial charge in [-0.15, -0.1) is 0 Å². The van der Waals surface area contributed by atoms with Gasteiger partial charge in [0, 0.05) is 30.9 Å². The Morgan fingerprint density at radius 2 is 2.19 bits per heavy atom. The molecule has 0 fully saturated rings. The van der Waals surface area contributed by atoms with Crippen molar-refractivity contribution in [1.29, 1.82) is 0 Å². The summed E-state index contributed by atoms with van der Waals surface area (Å²) in [6.07, 6.45) is 4.72. The molecule has 0 unspecified atom stereocenters. The van der Waals surface area contributed by atoms with E-state index in [2.05, 4.69) is 20.5 Å². The van der Waals surface area contributed by atoms with Crippen LogP contribution in [0, 0.1) is 0 Å². The van der Waals surface area contributed by atoms with Crippen LogP contribution in [0.25, 0.3) is 0 Å². The minimum absolute atomic E-state index is 0.0947. The maximum atomic E-state index is 12.2. The van der Waals surface area contributed by atoms with Gasteiger partial charge in [0.2, 0.25) is 5.91 Å². The molecular weight excluding hydrogens is 346 g/mol. The summed E-state index contributed by atoms with van der Waals surface area (Å²) >= 11 is 0. The predicted octanol–water partition coefficient (Wildman–Crippen LogP) is 2.67. The number of nitrogens with zero attached hydrogens (tertiary/aromatic N) is 3. The molecule has 0 saturated heterocycles. The Balaban J connectivity index is 1.56. The van der Waals surface area contributed by atoms with Crippen molar-refractivity contribution in [3.63, 3.8) is 0 Å². The number of rotatable bonds is 4. The molecule has 2 aromatic heterocycles. The van der Waals surface area contributed by atoms with Gasteiger partial charge in [-0.1, -0.05) is 6.07 Å². The minimum Gasteiger partial charge on any atom is -0.444 e. The maximum absolute atomic E-state index is 12.2. The van der Waals surface area contributed by atoms with Gasteiger partial charge in [0.05, 0.1) is 12.2 Å². The third kappa shape index (κ3) is 5.06. The largest absolute Gasteiger partial charge is 0.444 e. The molecule has 1 aliphatic rings. The summed E-state index contributed by atoms with van der Waals surface area (Å²) in [4.78, 5) is 30.1. The highest BCUT2D eigenvalue weighted by Crippen LogP contribution is 2.25. The lowest BCUT2D eigenvalue weighted by Crippen LogP contribution is -2.39. The molecule has 0 aromatic carbocycles. The number of ether oxygens (including phenoxy) is 1. The van der Waals surface area contributed by atoms with E-state index in [4.69, 9.17) is 4.74 Å². The monoisotopic (exact) mass is 371 g/mol. The van der Waals surface area contributed by atoms with E-state index in [1.807, 2.05) is 32.9 Å². The van der Waals surface area contributed by atoms with Crippen LogP contribution in [0.5, 0.6) is 0 Å². The molecular formula is C19H25N5O3. The van der Waals surface area contributed by atoms with Crippen LogP contribution < -0.4 is 5.32 Å². The molecule has 0 spiro atoms. The number of carbonyl (C=O) groups excluding carboxylic acids is 2. The Labute approximate surface area is 158 Å². The number of hydrogen-bond donors (Lipinski definition) is 2. The normalized spacial score (nSPS) is 13.8. The van der Waals surface area contributed by atoms with Gasteiger partial charge in [-0.25, -0.2) is 4.79 Å². The zero-order valence-electron chi connectivity index (χ0n) is 15.9. The number of fused-ring (bicyclic) bond motifs is 1. The number of aromatic nitrogens is 3. The third-order valence-corrected chi connectivity index (χ3v) is 4.21. The number of nitrogens with one attached hydrogen (secondary N) is 2. The quantitative estimate of drug-likeness (QED) is 0.861. The van der Waals surface area contributed by atoms with Crippen molar-refractivity contribution in [2.75, 3.05) is 11.9 Å². The summed E-state index contributed by atoms with van der Waals surface area (Å²) < 4.78 is 5.42. The minimum atomic E-state index is -0.529. The van der Waals surface area contributed by atoms with Crippen LogP contribution in [0.3, 0.4) is 0 Å². The molecule has 2 N–H and O–H groups in total. The molecule has 0 radical (unpaired) electrons.